The second kappa shape index (κ2) is 6.75. The molecule has 1 aliphatic heterocycles. The lowest BCUT2D eigenvalue weighted by molar-refractivity contribution is -0.122. The monoisotopic (exact) mass is 294 g/mol. The molecule has 0 saturated carbocycles. The van der Waals surface area contributed by atoms with Crippen LogP contribution in [0.2, 0.25) is 0 Å². The number of fused-ring (bicyclic) bond motifs is 1. The number of rotatable bonds is 4. The van der Waals surface area contributed by atoms with Crippen LogP contribution in [-0.2, 0) is 17.8 Å². The average Bonchev–Trinajstić information content (AvgIpc) is 2.55. The van der Waals surface area contributed by atoms with Crippen LogP contribution in [0.1, 0.15) is 28.2 Å². The van der Waals surface area contributed by atoms with E-state index in [1.165, 1.54) is 22.3 Å². The second-order valence-corrected chi connectivity index (χ2v) is 5.91. The number of hydrogen-bond acceptors (Lipinski definition) is 2. The summed E-state index contributed by atoms with van der Waals surface area (Å²) >= 11 is 0. The molecule has 0 fully saturated rings. The van der Waals surface area contributed by atoms with E-state index < -0.39 is 0 Å². The fourth-order valence-electron chi connectivity index (χ4n) is 3.02. The highest BCUT2D eigenvalue weighted by atomic mass is 16.1. The number of carbonyl (C=O) groups is 1. The SMILES string of the molecule is Cc1ccc2c(c1)CNCC2C(=O)NCCc1ccccc1. The van der Waals surface area contributed by atoms with E-state index in [-0.39, 0.29) is 11.8 Å². The minimum absolute atomic E-state index is 0.0832. The van der Waals surface area contributed by atoms with Crippen molar-refractivity contribution in [2.75, 3.05) is 13.1 Å². The molecule has 0 saturated heterocycles. The van der Waals surface area contributed by atoms with Crippen molar-refractivity contribution >= 4 is 5.91 Å². The van der Waals surface area contributed by atoms with Gasteiger partial charge in [-0.05, 0) is 30.0 Å². The summed E-state index contributed by atoms with van der Waals surface area (Å²) in [6, 6.07) is 16.6. The Labute approximate surface area is 131 Å². The van der Waals surface area contributed by atoms with E-state index in [0.29, 0.717) is 13.1 Å². The molecule has 0 radical (unpaired) electrons. The van der Waals surface area contributed by atoms with Crippen molar-refractivity contribution in [3.05, 3.63) is 70.8 Å². The number of carbonyl (C=O) groups excluding carboxylic acids is 1. The van der Waals surface area contributed by atoms with Crippen LogP contribution < -0.4 is 10.6 Å². The molecule has 0 aliphatic carbocycles. The van der Waals surface area contributed by atoms with Crippen LogP contribution in [0.5, 0.6) is 0 Å². The van der Waals surface area contributed by atoms with E-state index >= 15 is 0 Å². The smallest absolute Gasteiger partial charge is 0.228 e. The van der Waals surface area contributed by atoms with Crippen molar-refractivity contribution < 1.29 is 4.79 Å². The first kappa shape index (κ1) is 14.8. The summed E-state index contributed by atoms with van der Waals surface area (Å²) in [6.07, 6.45) is 0.869. The lowest BCUT2D eigenvalue weighted by Crippen LogP contribution is -2.39. The standard InChI is InChI=1S/C19H22N2O/c1-14-7-8-17-16(11-14)12-20-13-18(17)19(22)21-10-9-15-5-3-2-4-6-15/h2-8,11,18,20H,9-10,12-13H2,1H3,(H,21,22). The average molecular weight is 294 g/mol. The number of hydrogen-bond donors (Lipinski definition) is 2. The third-order valence-corrected chi connectivity index (χ3v) is 4.21. The molecule has 1 atom stereocenters. The van der Waals surface area contributed by atoms with Gasteiger partial charge in [-0.3, -0.25) is 4.79 Å². The molecule has 1 amide bonds. The van der Waals surface area contributed by atoms with E-state index in [2.05, 4.69) is 47.9 Å². The van der Waals surface area contributed by atoms with E-state index in [4.69, 9.17) is 0 Å². The molecular weight excluding hydrogens is 272 g/mol. The lowest BCUT2D eigenvalue weighted by atomic mass is 9.89. The summed E-state index contributed by atoms with van der Waals surface area (Å²) in [5.74, 6) is 0.0355. The summed E-state index contributed by atoms with van der Waals surface area (Å²) in [4.78, 5) is 12.5. The zero-order chi connectivity index (χ0) is 15.4. The van der Waals surface area contributed by atoms with E-state index in [0.717, 1.165) is 13.0 Å². The van der Waals surface area contributed by atoms with Gasteiger partial charge in [-0.1, -0.05) is 54.1 Å². The van der Waals surface area contributed by atoms with Gasteiger partial charge in [0.15, 0.2) is 0 Å². The molecule has 1 unspecified atom stereocenters. The maximum absolute atomic E-state index is 12.5. The minimum atomic E-state index is -0.0832. The van der Waals surface area contributed by atoms with Gasteiger partial charge in [0.05, 0.1) is 5.92 Å². The third kappa shape index (κ3) is 3.37. The maximum atomic E-state index is 12.5. The van der Waals surface area contributed by atoms with Crippen molar-refractivity contribution in [2.45, 2.75) is 25.8 Å². The Bertz CT molecular complexity index is 652. The Morgan fingerprint density at radius 1 is 1.23 bits per heavy atom. The van der Waals surface area contributed by atoms with Gasteiger partial charge in [0.2, 0.25) is 5.91 Å². The van der Waals surface area contributed by atoms with Crippen molar-refractivity contribution in [3.8, 4) is 0 Å². The van der Waals surface area contributed by atoms with Crippen LogP contribution in [0.25, 0.3) is 0 Å². The fourth-order valence-corrected chi connectivity index (χ4v) is 3.02. The van der Waals surface area contributed by atoms with E-state index in [1.54, 1.807) is 0 Å². The highest BCUT2D eigenvalue weighted by molar-refractivity contribution is 5.84. The van der Waals surface area contributed by atoms with Gasteiger partial charge in [-0.2, -0.15) is 0 Å². The van der Waals surface area contributed by atoms with Crippen molar-refractivity contribution in [3.63, 3.8) is 0 Å². The number of nitrogens with one attached hydrogen (secondary N) is 2. The first-order valence-electron chi connectivity index (χ1n) is 7.86. The van der Waals surface area contributed by atoms with Crippen LogP contribution in [0, 0.1) is 6.92 Å². The minimum Gasteiger partial charge on any atom is -0.355 e. The lowest BCUT2D eigenvalue weighted by Gasteiger charge is -2.26. The normalized spacial score (nSPS) is 16.9. The first-order valence-corrected chi connectivity index (χ1v) is 7.86. The summed E-state index contributed by atoms with van der Waals surface area (Å²) in [6.45, 7) is 4.34. The van der Waals surface area contributed by atoms with Crippen LogP contribution in [0.4, 0.5) is 0 Å². The molecule has 1 aliphatic rings. The van der Waals surface area contributed by atoms with Crippen molar-refractivity contribution in [1.82, 2.24) is 10.6 Å². The van der Waals surface area contributed by atoms with Gasteiger partial charge in [0.25, 0.3) is 0 Å². The van der Waals surface area contributed by atoms with Crippen molar-refractivity contribution in [2.24, 2.45) is 0 Å². The summed E-state index contributed by atoms with van der Waals surface area (Å²) in [5.41, 5.74) is 4.90. The van der Waals surface area contributed by atoms with Crippen LogP contribution in [0.15, 0.2) is 48.5 Å². The Kier molecular flexibility index (Phi) is 4.54. The summed E-state index contributed by atoms with van der Waals surface area (Å²) in [5, 5.41) is 6.42. The molecule has 0 spiro atoms. The van der Waals surface area contributed by atoms with Gasteiger partial charge in [-0.25, -0.2) is 0 Å². The predicted molar refractivity (Wildman–Crippen MR) is 88.8 cm³/mol. The number of aryl methyl sites for hydroxylation is 1. The Morgan fingerprint density at radius 2 is 2.05 bits per heavy atom. The summed E-state index contributed by atoms with van der Waals surface area (Å²) in [7, 11) is 0. The Balaban J connectivity index is 1.62. The molecule has 0 bridgehead atoms. The molecule has 0 aromatic heterocycles. The second-order valence-electron chi connectivity index (χ2n) is 5.91. The van der Waals surface area contributed by atoms with E-state index in [9.17, 15) is 4.79 Å². The number of amides is 1. The highest BCUT2D eigenvalue weighted by Gasteiger charge is 2.25. The Hall–Kier alpha value is -2.13. The fraction of sp³-hybridized carbons (Fsp3) is 0.316. The molecule has 2 aromatic carbocycles. The molecule has 114 valence electrons. The number of benzene rings is 2. The zero-order valence-electron chi connectivity index (χ0n) is 12.9. The topological polar surface area (TPSA) is 41.1 Å². The van der Waals surface area contributed by atoms with Crippen LogP contribution in [0.3, 0.4) is 0 Å². The van der Waals surface area contributed by atoms with Crippen LogP contribution in [-0.4, -0.2) is 19.0 Å². The van der Waals surface area contributed by atoms with E-state index in [1.807, 2.05) is 18.2 Å². The molecular formula is C19H22N2O. The van der Waals surface area contributed by atoms with Crippen LogP contribution >= 0.6 is 0 Å². The first-order chi connectivity index (χ1) is 10.7. The largest absolute Gasteiger partial charge is 0.355 e. The van der Waals surface area contributed by atoms with Gasteiger partial charge in [-0.15, -0.1) is 0 Å². The molecule has 2 N–H and O–H groups in total. The van der Waals surface area contributed by atoms with Gasteiger partial charge in [0.1, 0.15) is 0 Å². The maximum Gasteiger partial charge on any atom is 0.228 e. The highest BCUT2D eigenvalue weighted by Crippen LogP contribution is 2.25. The van der Waals surface area contributed by atoms with Gasteiger partial charge >= 0.3 is 0 Å². The Morgan fingerprint density at radius 3 is 2.86 bits per heavy atom. The molecule has 2 aromatic rings. The van der Waals surface area contributed by atoms with Gasteiger partial charge < -0.3 is 10.6 Å². The molecule has 3 rings (SSSR count). The van der Waals surface area contributed by atoms with Gasteiger partial charge in [0, 0.05) is 19.6 Å². The zero-order valence-corrected chi connectivity index (χ0v) is 12.9. The summed E-state index contributed by atoms with van der Waals surface area (Å²) < 4.78 is 0. The molecule has 3 nitrogen and oxygen atoms in total. The predicted octanol–water partition coefficient (Wildman–Crippen LogP) is 2.54. The quantitative estimate of drug-likeness (QED) is 0.910. The third-order valence-electron chi connectivity index (χ3n) is 4.21. The molecule has 22 heavy (non-hydrogen) atoms. The molecule has 1 heterocycles. The molecule has 3 heteroatoms. The van der Waals surface area contributed by atoms with Crippen molar-refractivity contribution in [1.29, 1.82) is 0 Å².